The second-order valence-corrected chi connectivity index (χ2v) is 21.1. The van der Waals surface area contributed by atoms with Crippen LogP contribution in [0.4, 0.5) is 0 Å². The fraction of sp³-hybridized carbons (Fsp3) is 1.00. The first kappa shape index (κ1) is 19.2. The predicted molar refractivity (Wildman–Crippen MR) is 100 cm³/mol. The average molecular weight is 386 g/mol. The molecule has 0 N–H and O–H groups in total. The first-order chi connectivity index (χ1) is 8.46. The Balaban J connectivity index is 4.33. The van der Waals surface area contributed by atoms with Crippen molar-refractivity contribution in [2.24, 2.45) is 0 Å². The van der Waals surface area contributed by atoms with Crippen molar-refractivity contribution in [2.75, 3.05) is 25.2 Å². The zero-order valence-electron chi connectivity index (χ0n) is 13.3. The van der Waals surface area contributed by atoms with Crippen LogP contribution >= 0.6 is 26.3 Å². The zero-order chi connectivity index (χ0) is 13.9. The van der Waals surface area contributed by atoms with Gasteiger partial charge in [-0.2, -0.15) is 0 Å². The van der Waals surface area contributed by atoms with Crippen LogP contribution in [0, 0.1) is 0 Å². The Morgan fingerprint density at radius 2 is 0.889 bits per heavy atom. The maximum atomic E-state index is 2.96. The van der Waals surface area contributed by atoms with Gasteiger partial charge in [-0.1, -0.05) is 0 Å². The molecule has 0 aliphatic heterocycles. The van der Waals surface area contributed by atoms with Crippen LogP contribution in [-0.4, -0.2) is 25.2 Å². The van der Waals surface area contributed by atoms with Crippen LogP contribution in [0.15, 0.2) is 0 Å². The first-order valence-corrected chi connectivity index (χ1v) is 14.2. The van der Waals surface area contributed by atoms with Gasteiger partial charge in [-0.15, -0.1) is 0 Å². The van der Waals surface area contributed by atoms with E-state index in [1.54, 1.807) is 18.5 Å². The molecule has 0 saturated carbocycles. The summed E-state index contributed by atoms with van der Waals surface area (Å²) in [5.74, 6) is 0. The Hall–Kier alpha value is 1.16. The Morgan fingerprint density at radius 1 is 0.611 bits per heavy atom. The Bertz CT molecular complexity index is 168. The van der Waals surface area contributed by atoms with Crippen LogP contribution in [0.3, 0.4) is 0 Å². The van der Waals surface area contributed by atoms with E-state index in [0.717, 1.165) is 0 Å². The summed E-state index contributed by atoms with van der Waals surface area (Å²) in [5.41, 5.74) is 0. The molecular formula is C16H36IP. The number of hydrogen-bond acceptors (Lipinski definition) is 0. The molecule has 0 nitrogen and oxygen atoms in total. The maximum absolute atomic E-state index is 2.96. The molecule has 0 aliphatic rings. The molecule has 0 heterocycles. The first-order valence-electron chi connectivity index (χ1n) is 8.19. The Labute approximate surface area is 129 Å². The fourth-order valence-electron chi connectivity index (χ4n) is 2.75. The molecule has 112 valence electrons. The minimum atomic E-state index is -1.37. The quantitative estimate of drug-likeness (QED) is 0.191. The molecule has 0 aromatic rings. The zero-order valence-corrected chi connectivity index (χ0v) is 16.4. The molecule has 2 heteroatoms. The molecule has 0 atom stereocenters. The number of unbranched alkanes of at least 4 members (excludes halogenated alkanes) is 6. The van der Waals surface area contributed by atoms with Crippen molar-refractivity contribution >= 4 is 26.3 Å². The van der Waals surface area contributed by atoms with Gasteiger partial charge in [0.1, 0.15) is 0 Å². The van der Waals surface area contributed by atoms with Gasteiger partial charge in [0.2, 0.25) is 0 Å². The fourth-order valence-corrected chi connectivity index (χ4v) is 9.81. The van der Waals surface area contributed by atoms with Gasteiger partial charge in [-0.05, 0) is 0 Å². The summed E-state index contributed by atoms with van der Waals surface area (Å²) < 4.78 is -1.37. The second-order valence-electron chi connectivity index (χ2n) is 6.44. The van der Waals surface area contributed by atoms with Crippen molar-refractivity contribution in [1.82, 2.24) is 0 Å². The van der Waals surface area contributed by atoms with Crippen LogP contribution in [0.5, 0.6) is 0 Å². The van der Waals surface area contributed by atoms with E-state index in [4.69, 9.17) is 0 Å². The van der Waals surface area contributed by atoms with Gasteiger partial charge >= 0.3 is 130 Å². The van der Waals surface area contributed by atoms with E-state index in [1.807, 2.05) is 0 Å². The monoisotopic (exact) mass is 386 g/mol. The van der Waals surface area contributed by atoms with E-state index in [2.05, 4.69) is 49.5 Å². The summed E-state index contributed by atoms with van der Waals surface area (Å²) in [7, 11) is 0. The van der Waals surface area contributed by atoms with Crippen LogP contribution in [0.25, 0.3) is 0 Å². The molecule has 0 aliphatic carbocycles. The number of hydrogen-bond donors (Lipinski definition) is 0. The third-order valence-electron chi connectivity index (χ3n) is 4.16. The van der Waals surface area contributed by atoms with Crippen LogP contribution < -0.4 is 0 Å². The van der Waals surface area contributed by atoms with Crippen LogP contribution in [0.2, 0.25) is 0 Å². The minimum absolute atomic E-state index is 1.37. The van der Waals surface area contributed by atoms with Crippen molar-refractivity contribution in [2.45, 2.75) is 78.6 Å². The van der Waals surface area contributed by atoms with E-state index >= 15 is 0 Å². The van der Waals surface area contributed by atoms with Crippen molar-refractivity contribution in [3.05, 3.63) is 0 Å². The molecule has 0 radical (unpaired) electrons. The molecule has 0 rings (SSSR count). The van der Waals surface area contributed by atoms with Gasteiger partial charge in [0.25, 0.3) is 0 Å². The van der Waals surface area contributed by atoms with Gasteiger partial charge in [-0.25, -0.2) is 0 Å². The summed E-state index contributed by atoms with van der Waals surface area (Å²) in [5, 5.41) is 0. The number of rotatable bonds is 12. The van der Waals surface area contributed by atoms with E-state index in [0.29, 0.717) is 0 Å². The molecule has 0 fully saturated rings. The average Bonchev–Trinajstić information content (AvgIpc) is 2.30. The van der Waals surface area contributed by atoms with Crippen molar-refractivity contribution < 1.29 is 0 Å². The van der Waals surface area contributed by atoms with Crippen molar-refractivity contribution in [1.29, 1.82) is 0 Å². The molecule has 0 bridgehead atoms. The van der Waals surface area contributed by atoms with Crippen LogP contribution in [0.1, 0.15) is 78.6 Å². The van der Waals surface area contributed by atoms with E-state index in [9.17, 15) is 0 Å². The topological polar surface area (TPSA) is 0 Å². The molecular weight excluding hydrogens is 350 g/mol. The standard InChI is InChI=1S/C16H36IP/c1-5-8-11-14-18(4,17,15-12-9-6-2)16-13-10-7-3/h5-16H2,1-4H3. The predicted octanol–water partition coefficient (Wildman–Crippen LogP) is 7.09. The summed E-state index contributed by atoms with van der Waals surface area (Å²) >= 11 is 2.96. The molecule has 0 aromatic carbocycles. The molecule has 0 spiro atoms. The van der Waals surface area contributed by atoms with Gasteiger partial charge < -0.3 is 0 Å². The molecule has 0 saturated heterocycles. The van der Waals surface area contributed by atoms with E-state index in [1.165, 1.54) is 57.8 Å². The van der Waals surface area contributed by atoms with Gasteiger partial charge in [0.15, 0.2) is 0 Å². The second kappa shape index (κ2) is 9.97. The van der Waals surface area contributed by atoms with Gasteiger partial charge in [-0.3, -0.25) is 0 Å². The van der Waals surface area contributed by atoms with Gasteiger partial charge in [0, 0.05) is 0 Å². The van der Waals surface area contributed by atoms with Crippen molar-refractivity contribution in [3.63, 3.8) is 0 Å². The van der Waals surface area contributed by atoms with Crippen molar-refractivity contribution in [3.8, 4) is 0 Å². The summed E-state index contributed by atoms with van der Waals surface area (Å²) in [6.45, 7) is 9.66. The molecule has 0 unspecified atom stereocenters. The number of halogens is 1. The SMILES string of the molecule is CCCCCP(C)(I)(CCCCC)CCCCC. The van der Waals surface area contributed by atoms with Gasteiger partial charge in [0.05, 0.1) is 0 Å². The third-order valence-corrected chi connectivity index (χ3v) is 13.2. The normalized spacial score (nSPS) is 14.4. The third kappa shape index (κ3) is 9.13. The van der Waals surface area contributed by atoms with E-state index in [-0.39, 0.29) is 0 Å². The van der Waals surface area contributed by atoms with E-state index < -0.39 is 4.25 Å². The summed E-state index contributed by atoms with van der Waals surface area (Å²) in [4.78, 5) is 0. The molecule has 0 amide bonds. The summed E-state index contributed by atoms with van der Waals surface area (Å²) in [6, 6.07) is 0. The molecule has 18 heavy (non-hydrogen) atoms. The van der Waals surface area contributed by atoms with Crippen LogP contribution in [-0.2, 0) is 0 Å². The molecule has 0 aromatic heterocycles. The summed E-state index contributed by atoms with van der Waals surface area (Å²) in [6.07, 6.45) is 17.5. The Morgan fingerprint density at radius 3 is 1.11 bits per heavy atom. The Kier molecular flexibility index (Phi) is 10.6.